The Morgan fingerprint density at radius 2 is 1.60 bits per heavy atom. The summed E-state index contributed by atoms with van der Waals surface area (Å²) in [7, 11) is -3.38. The molecule has 18 atom stereocenters. The maximum absolute atomic E-state index is 14.6. The van der Waals surface area contributed by atoms with Gasteiger partial charge in [0.2, 0.25) is 0 Å². The highest BCUT2D eigenvalue weighted by Gasteiger charge is 2.63. The molecule has 0 radical (unpaired) electrons. The molecule has 15 nitrogen and oxygen atoms in total. The molecular formula is C46H77NO14S. The Morgan fingerprint density at radius 1 is 0.919 bits per heavy atom. The molecule has 4 fully saturated rings. The molecule has 5 heterocycles. The first-order valence-corrected chi connectivity index (χ1v) is 25.3. The minimum absolute atomic E-state index is 0.0667. The molecule has 356 valence electrons. The van der Waals surface area contributed by atoms with Crippen LogP contribution in [0.2, 0.25) is 0 Å². The monoisotopic (exact) mass is 900 g/mol. The lowest BCUT2D eigenvalue weighted by atomic mass is 9.72. The second-order valence-electron chi connectivity index (χ2n) is 19.9. The van der Waals surface area contributed by atoms with Gasteiger partial charge in [-0.25, -0.2) is 13.2 Å². The third kappa shape index (κ3) is 10.6. The summed E-state index contributed by atoms with van der Waals surface area (Å²) in [5.41, 5.74) is -1.85. The number of hydrogen-bond acceptors (Lipinski definition) is 13. The lowest BCUT2D eigenvalue weighted by molar-refractivity contribution is -0.398. The first kappa shape index (κ1) is 50.8. The minimum Gasteiger partial charge on any atom is -0.481 e. The second-order valence-corrected chi connectivity index (χ2v) is 22.1. The van der Waals surface area contributed by atoms with Crippen LogP contribution in [0.25, 0.3) is 0 Å². The molecule has 0 saturated carbocycles. The van der Waals surface area contributed by atoms with Gasteiger partial charge in [0.25, 0.3) is 0 Å². The number of carboxylic acid groups (broad SMARTS) is 1. The molecule has 62 heavy (non-hydrogen) atoms. The molecule has 0 aromatic heterocycles. The normalized spacial score (nSPS) is 41.3. The van der Waals surface area contributed by atoms with Crippen molar-refractivity contribution in [2.24, 2.45) is 41.4 Å². The van der Waals surface area contributed by atoms with Crippen LogP contribution >= 0.6 is 0 Å². The number of aliphatic hydroxyl groups is 2. The van der Waals surface area contributed by atoms with Gasteiger partial charge in [0.1, 0.15) is 18.4 Å². The maximum atomic E-state index is 14.6. The molecule has 4 saturated heterocycles. The molecule has 5 aliphatic rings. The van der Waals surface area contributed by atoms with Gasteiger partial charge >= 0.3 is 12.1 Å². The van der Waals surface area contributed by atoms with Crippen LogP contribution in [0.15, 0.2) is 12.2 Å². The van der Waals surface area contributed by atoms with Gasteiger partial charge in [-0.2, -0.15) is 0 Å². The third-order valence-corrected chi connectivity index (χ3v) is 16.3. The van der Waals surface area contributed by atoms with Crippen LogP contribution in [-0.4, -0.2) is 126 Å². The van der Waals surface area contributed by atoms with E-state index in [1.807, 2.05) is 55.4 Å². The van der Waals surface area contributed by atoms with E-state index < -0.39 is 111 Å². The van der Waals surface area contributed by atoms with Crippen LogP contribution in [0.1, 0.15) is 133 Å². The summed E-state index contributed by atoms with van der Waals surface area (Å²) in [5.74, 6) is -6.96. The third-order valence-electron chi connectivity index (χ3n) is 15.4. The van der Waals surface area contributed by atoms with Crippen molar-refractivity contribution in [2.45, 2.75) is 199 Å². The number of nitrogens with one attached hydrogen (secondary N) is 1. The molecule has 0 unspecified atom stereocenters. The summed E-state index contributed by atoms with van der Waals surface area (Å²) in [5, 5.41) is 35.7. The van der Waals surface area contributed by atoms with Crippen molar-refractivity contribution in [3.05, 3.63) is 12.2 Å². The number of carboxylic acids is 1. The number of hydrogen-bond donors (Lipinski definition) is 4. The fourth-order valence-corrected chi connectivity index (χ4v) is 11.5. The molecule has 16 heteroatoms. The number of Topliss-reactive ketones (excluding diaryl/α,β-unsaturated/α-hetero) is 1. The molecule has 5 aliphatic heterocycles. The number of carbonyl (C=O) groups is 3. The molecule has 4 N–H and O–H groups in total. The number of rotatable bonds is 16. The Balaban J connectivity index is 1.39. The van der Waals surface area contributed by atoms with Crippen molar-refractivity contribution in [3.8, 4) is 0 Å². The average molecular weight is 900 g/mol. The number of carbonyl (C=O) groups excluding carboxylic acids is 2. The average Bonchev–Trinajstić information content (AvgIpc) is 3.55. The van der Waals surface area contributed by atoms with Crippen LogP contribution in [-0.2, 0) is 47.8 Å². The zero-order valence-electron chi connectivity index (χ0n) is 39.0. The summed E-state index contributed by atoms with van der Waals surface area (Å²) in [4.78, 5) is 39.9. The fourth-order valence-electron chi connectivity index (χ4n) is 11.1. The quantitative estimate of drug-likeness (QED) is 0.132. The summed E-state index contributed by atoms with van der Waals surface area (Å²) in [6, 6.07) is -0.879. The standard InChI is InChI=1S/C46H77NO14S/c1-12-32(41(50)51)34-16-15-26(4)39(58-34)30(8)37(48)29(7)38(49)33(13-2)40-27(5)25-28(6)45(59-40)20-17-35(47-42(52)56-23-24-62(11,54)55)46(61-45)22-21-43(10,60-46)36-18-19-44(53,14-3)31(9)57-36/h17,20,26-37,39-40,48,53H,12-16,18-19,21-25H2,1-11H3,(H,47,52)(H,50,51)/t26-,27-,28+,29-,30-,31-,32+,33-,34+,35+,36+,37+,39+,40-,43-,44+,45-,46-/m0/s1. The highest BCUT2D eigenvalue weighted by Crippen LogP contribution is 2.54. The predicted octanol–water partition coefficient (Wildman–Crippen LogP) is 5.97. The van der Waals surface area contributed by atoms with Crippen molar-refractivity contribution in [2.75, 3.05) is 18.6 Å². The number of aliphatic hydroxyl groups excluding tert-OH is 1. The van der Waals surface area contributed by atoms with E-state index in [1.165, 1.54) is 0 Å². The smallest absolute Gasteiger partial charge is 0.407 e. The number of alkyl carbamates (subject to hydrolysis) is 1. The van der Waals surface area contributed by atoms with Crippen LogP contribution in [0, 0.1) is 41.4 Å². The molecular weight excluding hydrogens is 823 g/mol. The first-order valence-electron chi connectivity index (χ1n) is 23.2. The lowest BCUT2D eigenvalue weighted by Crippen LogP contribution is -2.65. The van der Waals surface area contributed by atoms with Gasteiger partial charge in [0.05, 0.1) is 59.5 Å². The van der Waals surface area contributed by atoms with E-state index in [0.29, 0.717) is 57.8 Å². The maximum Gasteiger partial charge on any atom is 0.407 e. The van der Waals surface area contributed by atoms with Crippen molar-refractivity contribution in [3.63, 3.8) is 0 Å². The Morgan fingerprint density at radius 3 is 2.19 bits per heavy atom. The van der Waals surface area contributed by atoms with E-state index >= 15 is 0 Å². The Labute approximate surface area is 369 Å². The van der Waals surface area contributed by atoms with Crippen molar-refractivity contribution < 1.29 is 66.5 Å². The molecule has 0 aromatic rings. The van der Waals surface area contributed by atoms with Gasteiger partial charge in [0.15, 0.2) is 21.4 Å². The van der Waals surface area contributed by atoms with Crippen LogP contribution in [0.5, 0.6) is 0 Å². The van der Waals surface area contributed by atoms with Crippen LogP contribution in [0.4, 0.5) is 4.79 Å². The van der Waals surface area contributed by atoms with Gasteiger partial charge < -0.3 is 49.1 Å². The minimum atomic E-state index is -3.38. The number of aliphatic carboxylic acids is 1. The van der Waals surface area contributed by atoms with Crippen LogP contribution < -0.4 is 5.32 Å². The SMILES string of the molecule is CC[C@@H](C(=O)[C@@H](C)[C@@H](O)[C@H](C)[C@@H]1O[C@@H]([C@@H](CC)C(=O)O)CC[C@@H]1C)[C@H]1O[C@]2(C=C[C@@H](NC(=O)OCCS(C)(=O)=O)[C@]3(CC[C@@](C)([C@H]4CC[C@](O)(CC)[C@H](C)O4)O3)O2)[C@H](C)C[C@@H]1C. The van der Waals surface area contributed by atoms with E-state index in [-0.39, 0.29) is 35.9 Å². The number of ether oxygens (including phenoxy) is 6. The van der Waals surface area contributed by atoms with Crippen molar-refractivity contribution in [1.82, 2.24) is 5.32 Å². The molecule has 0 aliphatic carbocycles. The van der Waals surface area contributed by atoms with Crippen LogP contribution in [0.3, 0.4) is 0 Å². The summed E-state index contributed by atoms with van der Waals surface area (Å²) >= 11 is 0. The molecule has 2 spiro atoms. The van der Waals surface area contributed by atoms with E-state index in [1.54, 1.807) is 19.1 Å². The van der Waals surface area contributed by atoms with E-state index in [0.717, 1.165) is 12.7 Å². The molecule has 0 aromatic carbocycles. The summed E-state index contributed by atoms with van der Waals surface area (Å²) in [6.45, 7) is 18.9. The zero-order chi connectivity index (χ0) is 46.2. The molecule has 0 bridgehead atoms. The van der Waals surface area contributed by atoms with Gasteiger partial charge in [-0.15, -0.1) is 0 Å². The summed E-state index contributed by atoms with van der Waals surface area (Å²) in [6.07, 6.45) is 5.67. The number of amides is 1. The predicted molar refractivity (Wildman–Crippen MR) is 231 cm³/mol. The van der Waals surface area contributed by atoms with Gasteiger partial charge in [-0.1, -0.05) is 61.5 Å². The topological polar surface area (TPSA) is 213 Å². The number of sulfone groups is 1. The van der Waals surface area contributed by atoms with Gasteiger partial charge in [0, 0.05) is 36.3 Å². The Hall–Kier alpha value is -2.18. The van der Waals surface area contributed by atoms with E-state index in [2.05, 4.69) is 12.2 Å². The molecule has 1 amide bonds. The van der Waals surface area contributed by atoms with Crippen molar-refractivity contribution >= 4 is 27.7 Å². The Kier molecular flexibility index (Phi) is 16.2. The summed E-state index contributed by atoms with van der Waals surface area (Å²) < 4.78 is 63.0. The Bertz CT molecular complexity index is 1730. The lowest BCUT2D eigenvalue weighted by Gasteiger charge is -2.55. The number of ketones is 1. The molecule has 5 rings (SSSR count). The van der Waals surface area contributed by atoms with Gasteiger partial charge in [-0.05, 0) is 89.5 Å². The fraction of sp³-hybridized carbons (Fsp3) is 0.891. The van der Waals surface area contributed by atoms with Gasteiger partial charge in [-0.3, -0.25) is 9.59 Å². The zero-order valence-corrected chi connectivity index (χ0v) is 39.8. The van der Waals surface area contributed by atoms with E-state index in [9.17, 15) is 38.1 Å². The highest BCUT2D eigenvalue weighted by atomic mass is 32.2. The highest BCUT2D eigenvalue weighted by molar-refractivity contribution is 7.90. The van der Waals surface area contributed by atoms with Crippen molar-refractivity contribution in [1.29, 1.82) is 0 Å². The second kappa shape index (κ2) is 19.7. The van der Waals surface area contributed by atoms with E-state index in [4.69, 9.17) is 28.4 Å². The largest absolute Gasteiger partial charge is 0.481 e. The first-order chi connectivity index (χ1) is 28.9.